The van der Waals surface area contributed by atoms with Crippen molar-refractivity contribution < 1.29 is 62.3 Å². The van der Waals surface area contributed by atoms with E-state index in [4.69, 9.17) is 31.8 Å². The third-order valence-electron chi connectivity index (χ3n) is 12.5. The maximum atomic E-state index is 14.9. The van der Waals surface area contributed by atoms with Crippen molar-refractivity contribution in [1.82, 2.24) is 35.5 Å². The molecule has 1 aliphatic carbocycles. The maximum absolute atomic E-state index is 14.9. The number of nitrogens with zero attached hydrogens (tertiary/aromatic N) is 3. The number of aromatic nitrogens is 2. The number of benzene rings is 3. The number of nitrogens with two attached hydrogens (primary N) is 4. The molecule has 72 heavy (non-hydrogen) atoms. The average Bonchev–Trinajstić information content (AvgIpc) is 3.60. The lowest BCUT2D eigenvalue weighted by molar-refractivity contribution is -0.143. The summed E-state index contributed by atoms with van der Waals surface area (Å²) in [6, 6.07) is 3.79. The number of aliphatic carboxylic acids is 1. The minimum Gasteiger partial charge on any atom is -0.507 e. The standard InChI is InChI=1S/C47H61N11O13S/c1-22-37(40(50)57-41(53-22)30-15-25-9-10-47(3,4)31(25)18-34(30)60)43(63)56-33(20-52-72(51,68)69)45(65)58(5)38-26-16-29(39(61)36(17-26)71-21-27(59)19-49)28-13-24(7-8-35(28)70-12-6-11-48)14-32(46(66)67)55-42(62)23(2)54-44(38)64/h7-8,13,15-18,23,27,32-33,38,52,59-61H,6,9-12,14,19-21,48-49H2,1-5H3,(H,54,64)(H,55,62)(H,56,63)(H,66,67)(H2,50,53,57)(H2,51,68,69)/t23-,27+,32-,33-,38-/m0/s1. The van der Waals surface area contributed by atoms with Crippen molar-refractivity contribution in [3.8, 4) is 45.5 Å². The minimum absolute atomic E-state index is 0.00571. The van der Waals surface area contributed by atoms with Crippen molar-refractivity contribution in [2.75, 3.05) is 45.6 Å². The van der Waals surface area contributed by atoms with Crippen molar-refractivity contribution >= 4 is 45.6 Å². The fourth-order valence-corrected chi connectivity index (χ4v) is 8.93. The number of nitrogens with one attached hydrogen (secondary N) is 4. The molecule has 4 amide bonds. The first-order valence-corrected chi connectivity index (χ1v) is 24.4. The number of anilines is 1. The van der Waals surface area contributed by atoms with Gasteiger partial charge in [-0.2, -0.15) is 13.1 Å². The zero-order valence-corrected chi connectivity index (χ0v) is 41.1. The highest BCUT2D eigenvalue weighted by atomic mass is 32.2. The highest BCUT2D eigenvalue weighted by Gasteiger charge is 2.38. The van der Waals surface area contributed by atoms with E-state index in [1.807, 2.05) is 4.72 Å². The molecule has 0 radical (unpaired) electrons. The summed E-state index contributed by atoms with van der Waals surface area (Å²) in [5, 5.41) is 56.2. The second kappa shape index (κ2) is 22.1. The van der Waals surface area contributed by atoms with E-state index in [2.05, 4.69) is 39.8 Å². The van der Waals surface area contributed by atoms with E-state index < -0.39 is 89.0 Å². The number of aromatic hydroxyl groups is 2. The third kappa shape index (κ3) is 12.3. The quantitative estimate of drug-likeness (QED) is 0.0592. The van der Waals surface area contributed by atoms with Crippen molar-refractivity contribution in [1.29, 1.82) is 0 Å². The van der Waals surface area contributed by atoms with Crippen LogP contribution in [0.3, 0.4) is 0 Å². The van der Waals surface area contributed by atoms with Crippen LogP contribution in [0.15, 0.2) is 42.5 Å². The number of fused-ring (bicyclic) bond motifs is 6. The number of hydrogen-bond acceptors (Lipinski definition) is 17. The fourth-order valence-electron chi connectivity index (χ4n) is 8.53. The van der Waals surface area contributed by atoms with Crippen LogP contribution in [0.5, 0.6) is 23.0 Å². The van der Waals surface area contributed by atoms with Gasteiger partial charge in [-0.15, -0.1) is 0 Å². The number of amides is 4. The Morgan fingerprint density at radius 2 is 1.71 bits per heavy atom. The van der Waals surface area contributed by atoms with Gasteiger partial charge in [0, 0.05) is 37.7 Å². The Labute approximate surface area is 415 Å². The molecule has 388 valence electrons. The maximum Gasteiger partial charge on any atom is 0.326 e. The largest absolute Gasteiger partial charge is 0.507 e. The van der Waals surface area contributed by atoms with Crippen molar-refractivity contribution in [3.05, 3.63) is 76.0 Å². The number of carboxylic acids is 1. The van der Waals surface area contributed by atoms with Crippen LogP contribution in [0.1, 0.15) is 78.0 Å². The van der Waals surface area contributed by atoms with Gasteiger partial charge in [0.25, 0.3) is 16.1 Å². The highest BCUT2D eigenvalue weighted by molar-refractivity contribution is 7.87. The zero-order valence-electron chi connectivity index (χ0n) is 40.3. The van der Waals surface area contributed by atoms with E-state index in [0.29, 0.717) is 12.0 Å². The summed E-state index contributed by atoms with van der Waals surface area (Å²) >= 11 is 0. The number of phenolic OH excluding ortho intramolecular Hbond substituents is 2. The highest BCUT2D eigenvalue weighted by Crippen LogP contribution is 2.46. The molecule has 4 bridgehead atoms. The summed E-state index contributed by atoms with van der Waals surface area (Å²) in [7, 11) is -3.42. The molecule has 6 rings (SSSR count). The normalized spacial score (nSPS) is 18.4. The minimum atomic E-state index is -4.55. The Morgan fingerprint density at radius 3 is 2.36 bits per heavy atom. The number of aliphatic hydroxyl groups excluding tert-OH is 1. The number of rotatable bonds is 17. The van der Waals surface area contributed by atoms with E-state index in [1.54, 1.807) is 18.2 Å². The molecule has 0 unspecified atom stereocenters. The van der Waals surface area contributed by atoms with Crippen LogP contribution in [0.2, 0.25) is 0 Å². The first-order chi connectivity index (χ1) is 33.8. The fraction of sp³-hybridized carbons (Fsp3) is 0.426. The predicted molar refractivity (Wildman–Crippen MR) is 262 cm³/mol. The topological polar surface area (TPSA) is 400 Å². The van der Waals surface area contributed by atoms with Gasteiger partial charge in [0.1, 0.15) is 59.8 Å². The molecule has 0 spiro atoms. The Bertz CT molecular complexity index is 2860. The molecule has 0 saturated carbocycles. The van der Waals surface area contributed by atoms with Crippen molar-refractivity contribution in [2.24, 2.45) is 16.6 Å². The van der Waals surface area contributed by atoms with Gasteiger partial charge in [0.2, 0.25) is 17.7 Å². The van der Waals surface area contributed by atoms with E-state index in [0.717, 1.165) is 35.9 Å². The molecule has 2 heterocycles. The van der Waals surface area contributed by atoms with Crippen molar-refractivity contribution in [2.45, 2.75) is 89.1 Å². The second-order valence-electron chi connectivity index (χ2n) is 18.3. The van der Waals surface area contributed by atoms with E-state index in [1.165, 1.54) is 38.1 Å². The number of ether oxygens (including phenoxy) is 2. The number of carboxylic acid groups (broad SMARTS) is 1. The Morgan fingerprint density at radius 1 is 0.986 bits per heavy atom. The molecular weight excluding hydrogens is 959 g/mol. The lowest BCUT2D eigenvalue weighted by atomic mass is 9.86. The number of likely N-dealkylation sites (N-methyl/N-ethyl adjacent to an activating group) is 1. The number of aryl methyl sites for hydroxylation is 2. The monoisotopic (exact) mass is 1020 g/mol. The molecule has 0 fully saturated rings. The smallest absolute Gasteiger partial charge is 0.326 e. The third-order valence-corrected chi connectivity index (χ3v) is 13.1. The summed E-state index contributed by atoms with van der Waals surface area (Å²) in [5.41, 5.74) is 19.8. The van der Waals surface area contributed by atoms with Gasteiger partial charge in [-0.1, -0.05) is 19.9 Å². The Balaban J connectivity index is 1.47. The summed E-state index contributed by atoms with van der Waals surface area (Å²) < 4.78 is 38.5. The van der Waals surface area contributed by atoms with Crippen molar-refractivity contribution in [3.63, 3.8) is 0 Å². The molecule has 25 heteroatoms. The summed E-state index contributed by atoms with van der Waals surface area (Å²) in [6.45, 7) is 5.58. The number of phenols is 2. The van der Waals surface area contributed by atoms with Gasteiger partial charge in [0.15, 0.2) is 17.3 Å². The Kier molecular flexibility index (Phi) is 16.6. The van der Waals surface area contributed by atoms with Crippen LogP contribution in [0, 0.1) is 6.92 Å². The number of nitrogen functional groups attached to an aromatic ring is 1. The van der Waals surface area contributed by atoms with Crippen LogP contribution in [-0.2, 0) is 47.6 Å². The molecule has 5 atom stereocenters. The second-order valence-corrected chi connectivity index (χ2v) is 19.7. The van der Waals surface area contributed by atoms with E-state index >= 15 is 0 Å². The van der Waals surface area contributed by atoms with Crippen LogP contribution in [0.25, 0.3) is 22.5 Å². The molecule has 24 nitrogen and oxygen atoms in total. The summed E-state index contributed by atoms with van der Waals surface area (Å²) in [6.07, 6.45) is 0.497. The van der Waals surface area contributed by atoms with Gasteiger partial charge < -0.3 is 68.0 Å². The summed E-state index contributed by atoms with van der Waals surface area (Å²) in [5.74, 6) is -6.78. The molecule has 3 aromatic carbocycles. The molecule has 16 N–H and O–H groups in total. The van der Waals surface area contributed by atoms with Gasteiger partial charge in [-0.3, -0.25) is 19.2 Å². The van der Waals surface area contributed by atoms with Gasteiger partial charge in [-0.05, 0) is 104 Å². The van der Waals surface area contributed by atoms with Gasteiger partial charge in [-0.25, -0.2) is 19.9 Å². The lowest BCUT2D eigenvalue weighted by Crippen LogP contribution is -2.57. The molecular formula is C47H61N11O13S. The lowest BCUT2D eigenvalue weighted by Gasteiger charge is -2.33. The van der Waals surface area contributed by atoms with Crippen LogP contribution in [0.4, 0.5) is 5.82 Å². The number of aliphatic hydroxyl groups is 1. The molecule has 4 aromatic rings. The SMILES string of the molecule is Cc1nc(-c2cc3c(cc2O)C(C)(C)CC3)nc(N)c1C(=O)N[C@@H](CNS(N)(=O)=O)C(=O)N(C)[C@@H]1C(=O)N[C@@H](C)C(=O)N[C@H](C(=O)O)Cc2ccc(OCCCN)c(c2)-c2cc1cc(OC[C@H](O)CN)c2O. The molecule has 1 aromatic heterocycles. The van der Waals surface area contributed by atoms with E-state index in [9.17, 15) is 52.8 Å². The first kappa shape index (κ1) is 54.2. The number of hydrogen-bond donors (Lipinski definition) is 12. The van der Waals surface area contributed by atoms with Gasteiger partial charge in [0.05, 0.1) is 17.9 Å². The van der Waals surface area contributed by atoms with Gasteiger partial charge >= 0.3 is 5.97 Å². The molecule has 0 saturated heterocycles. The molecule has 1 aliphatic heterocycles. The first-order valence-electron chi connectivity index (χ1n) is 22.9. The molecule has 2 aliphatic rings. The zero-order chi connectivity index (χ0) is 53.0. The predicted octanol–water partition coefficient (Wildman–Crippen LogP) is -0.516. The number of carbonyl (C=O) groups excluding carboxylic acids is 4. The summed E-state index contributed by atoms with van der Waals surface area (Å²) in [4.78, 5) is 79.5. The number of carbonyl (C=O) groups is 5. The van der Waals surface area contributed by atoms with Crippen LogP contribution >= 0.6 is 0 Å². The van der Waals surface area contributed by atoms with Crippen LogP contribution < -0.4 is 52.5 Å². The van der Waals surface area contributed by atoms with Crippen LogP contribution in [-0.4, -0.2) is 137 Å². The van der Waals surface area contributed by atoms with E-state index in [-0.39, 0.29) is 93.9 Å². The Hall–Kier alpha value is -7.16. The average molecular weight is 1020 g/mol.